The molecule has 0 amide bonds. The van der Waals surface area contributed by atoms with E-state index in [9.17, 15) is 4.79 Å². The van der Waals surface area contributed by atoms with E-state index in [2.05, 4.69) is 6.58 Å². The summed E-state index contributed by atoms with van der Waals surface area (Å²) in [5.41, 5.74) is 0.630. The SMILES string of the molecule is C=CC(=O)c1ccc(OC)cc1.Oc1ccccc1. The summed E-state index contributed by atoms with van der Waals surface area (Å²) in [6, 6.07) is 15.6. The summed E-state index contributed by atoms with van der Waals surface area (Å²) in [7, 11) is 1.59. The van der Waals surface area contributed by atoms with Crippen LogP contribution in [0.4, 0.5) is 0 Å². The van der Waals surface area contributed by atoms with Crippen molar-refractivity contribution in [3.8, 4) is 11.5 Å². The average Bonchev–Trinajstić information content (AvgIpc) is 2.48. The molecule has 0 aliphatic carbocycles. The van der Waals surface area contributed by atoms with Gasteiger partial charge in [-0.2, -0.15) is 0 Å². The second-order valence-electron chi connectivity index (χ2n) is 3.63. The molecule has 0 atom stereocenters. The van der Waals surface area contributed by atoms with Crippen LogP contribution in [0.1, 0.15) is 10.4 Å². The Morgan fingerprint density at radius 2 is 1.68 bits per heavy atom. The molecule has 2 aromatic rings. The zero-order chi connectivity index (χ0) is 14.1. The van der Waals surface area contributed by atoms with Crippen molar-refractivity contribution in [3.05, 3.63) is 72.8 Å². The second kappa shape index (κ2) is 7.71. The number of carbonyl (C=O) groups is 1. The average molecular weight is 256 g/mol. The minimum atomic E-state index is -0.0716. The van der Waals surface area contributed by atoms with Crippen LogP contribution in [-0.2, 0) is 0 Å². The Morgan fingerprint density at radius 3 is 2.05 bits per heavy atom. The van der Waals surface area contributed by atoms with Crippen molar-refractivity contribution in [2.45, 2.75) is 0 Å². The first kappa shape index (κ1) is 14.5. The van der Waals surface area contributed by atoms with Crippen LogP contribution >= 0.6 is 0 Å². The number of benzene rings is 2. The molecule has 0 fully saturated rings. The lowest BCUT2D eigenvalue weighted by atomic mass is 10.1. The van der Waals surface area contributed by atoms with Crippen molar-refractivity contribution in [2.24, 2.45) is 0 Å². The van der Waals surface area contributed by atoms with Gasteiger partial charge in [0.1, 0.15) is 11.5 Å². The molecule has 0 aliphatic rings. The predicted molar refractivity (Wildman–Crippen MR) is 75.6 cm³/mol. The highest BCUT2D eigenvalue weighted by Gasteiger charge is 1.99. The number of carbonyl (C=O) groups excluding carboxylic acids is 1. The number of phenolic OH excluding ortho intramolecular Hbond substituents is 1. The first-order chi connectivity index (χ1) is 9.17. The van der Waals surface area contributed by atoms with Crippen molar-refractivity contribution >= 4 is 5.78 Å². The van der Waals surface area contributed by atoms with Crippen LogP contribution in [0.15, 0.2) is 67.3 Å². The third kappa shape index (κ3) is 5.08. The molecule has 3 heteroatoms. The monoisotopic (exact) mass is 256 g/mol. The number of ether oxygens (including phenoxy) is 1. The van der Waals surface area contributed by atoms with Crippen molar-refractivity contribution in [1.29, 1.82) is 0 Å². The van der Waals surface area contributed by atoms with Gasteiger partial charge in [0.05, 0.1) is 7.11 Å². The molecule has 0 saturated heterocycles. The molecule has 0 saturated carbocycles. The van der Waals surface area contributed by atoms with Crippen molar-refractivity contribution in [1.82, 2.24) is 0 Å². The number of allylic oxidation sites excluding steroid dienone is 1. The fourth-order valence-electron chi connectivity index (χ4n) is 1.30. The van der Waals surface area contributed by atoms with Crippen LogP contribution in [0.3, 0.4) is 0 Å². The summed E-state index contributed by atoms with van der Waals surface area (Å²) in [6.45, 7) is 3.40. The maximum absolute atomic E-state index is 11.1. The summed E-state index contributed by atoms with van der Waals surface area (Å²) >= 11 is 0. The van der Waals surface area contributed by atoms with E-state index < -0.39 is 0 Å². The minimum Gasteiger partial charge on any atom is -0.508 e. The number of hydrogen-bond acceptors (Lipinski definition) is 3. The van der Waals surface area contributed by atoms with Gasteiger partial charge in [0, 0.05) is 5.56 Å². The van der Waals surface area contributed by atoms with Gasteiger partial charge in [-0.05, 0) is 42.5 Å². The molecule has 0 spiro atoms. The molecule has 19 heavy (non-hydrogen) atoms. The van der Waals surface area contributed by atoms with Gasteiger partial charge < -0.3 is 9.84 Å². The predicted octanol–water partition coefficient (Wildman–Crippen LogP) is 3.46. The zero-order valence-corrected chi connectivity index (χ0v) is 10.7. The molecule has 0 radical (unpaired) electrons. The maximum Gasteiger partial charge on any atom is 0.185 e. The molecule has 0 aliphatic heterocycles. The highest BCUT2D eigenvalue weighted by atomic mass is 16.5. The van der Waals surface area contributed by atoms with Gasteiger partial charge in [-0.25, -0.2) is 0 Å². The molecule has 3 nitrogen and oxygen atoms in total. The molecule has 2 rings (SSSR count). The quantitative estimate of drug-likeness (QED) is 0.675. The number of rotatable bonds is 3. The van der Waals surface area contributed by atoms with E-state index >= 15 is 0 Å². The van der Waals surface area contributed by atoms with E-state index in [1.54, 1.807) is 55.6 Å². The Labute approximate surface area is 112 Å². The summed E-state index contributed by atoms with van der Waals surface area (Å²) in [6.07, 6.45) is 1.29. The molecule has 0 heterocycles. The number of aromatic hydroxyl groups is 1. The van der Waals surface area contributed by atoms with Crippen LogP contribution in [0, 0.1) is 0 Å². The second-order valence-corrected chi connectivity index (χ2v) is 3.63. The van der Waals surface area contributed by atoms with Gasteiger partial charge in [-0.1, -0.05) is 24.8 Å². The summed E-state index contributed by atoms with van der Waals surface area (Å²) < 4.78 is 4.95. The third-order valence-electron chi connectivity index (χ3n) is 2.32. The first-order valence-corrected chi connectivity index (χ1v) is 5.72. The smallest absolute Gasteiger partial charge is 0.185 e. The standard InChI is InChI=1S/C10H10O2.C6H6O/c1-3-10(11)8-4-6-9(12-2)7-5-8;7-6-4-2-1-3-5-6/h3-7H,1H2,2H3;1-5,7H. The Kier molecular flexibility index (Phi) is 5.89. The topological polar surface area (TPSA) is 46.5 Å². The summed E-state index contributed by atoms with van der Waals surface area (Å²) in [4.78, 5) is 11.1. The van der Waals surface area contributed by atoms with Crippen molar-refractivity contribution in [3.63, 3.8) is 0 Å². The molecule has 0 unspecified atom stereocenters. The lowest BCUT2D eigenvalue weighted by molar-refractivity contribution is 0.104. The van der Waals surface area contributed by atoms with Gasteiger partial charge in [0.2, 0.25) is 0 Å². The van der Waals surface area contributed by atoms with E-state index in [0.717, 1.165) is 5.75 Å². The molecular weight excluding hydrogens is 240 g/mol. The largest absolute Gasteiger partial charge is 0.508 e. The Morgan fingerprint density at radius 1 is 1.11 bits per heavy atom. The molecule has 2 aromatic carbocycles. The lowest BCUT2D eigenvalue weighted by Crippen LogP contribution is -1.92. The number of phenols is 1. The molecule has 0 bridgehead atoms. The van der Waals surface area contributed by atoms with Gasteiger partial charge >= 0.3 is 0 Å². The Hall–Kier alpha value is -2.55. The van der Waals surface area contributed by atoms with Gasteiger partial charge in [-0.15, -0.1) is 0 Å². The number of methoxy groups -OCH3 is 1. The molecular formula is C16H16O3. The van der Waals surface area contributed by atoms with E-state index in [4.69, 9.17) is 9.84 Å². The maximum atomic E-state index is 11.1. The van der Waals surface area contributed by atoms with Gasteiger partial charge in [-0.3, -0.25) is 4.79 Å². The van der Waals surface area contributed by atoms with Crippen molar-refractivity contribution in [2.75, 3.05) is 7.11 Å². The van der Waals surface area contributed by atoms with Crippen LogP contribution in [0.2, 0.25) is 0 Å². The minimum absolute atomic E-state index is 0.0716. The Bertz CT molecular complexity index is 515. The van der Waals surface area contributed by atoms with Crippen LogP contribution in [0.5, 0.6) is 11.5 Å². The molecule has 0 aromatic heterocycles. The molecule has 98 valence electrons. The van der Waals surface area contributed by atoms with Crippen LogP contribution in [0.25, 0.3) is 0 Å². The summed E-state index contributed by atoms with van der Waals surface area (Å²) in [5, 5.41) is 8.63. The first-order valence-electron chi connectivity index (χ1n) is 5.72. The summed E-state index contributed by atoms with van der Waals surface area (Å²) in [5.74, 6) is 0.996. The zero-order valence-electron chi connectivity index (χ0n) is 10.7. The fraction of sp³-hybridized carbons (Fsp3) is 0.0625. The normalized spacial score (nSPS) is 8.89. The van der Waals surface area contributed by atoms with E-state index in [1.807, 2.05) is 6.07 Å². The van der Waals surface area contributed by atoms with E-state index in [1.165, 1.54) is 6.08 Å². The number of ketones is 1. The fourth-order valence-corrected chi connectivity index (χ4v) is 1.30. The number of hydrogen-bond donors (Lipinski definition) is 1. The Balaban J connectivity index is 0.000000218. The van der Waals surface area contributed by atoms with E-state index in [-0.39, 0.29) is 5.78 Å². The van der Waals surface area contributed by atoms with Crippen LogP contribution in [-0.4, -0.2) is 18.0 Å². The van der Waals surface area contributed by atoms with E-state index in [0.29, 0.717) is 11.3 Å². The highest BCUT2D eigenvalue weighted by Crippen LogP contribution is 2.11. The third-order valence-corrected chi connectivity index (χ3v) is 2.32. The number of para-hydroxylation sites is 1. The molecule has 1 N–H and O–H groups in total. The van der Waals surface area contributed by atoms with Gasteiger partial charge in [0.15, 0.2) is 5.78 Å². The van der Waals surface area contributed by atoms with Crippen molar-refractivity contribution < 1.29 is 14.6 Å². The van der Waals surface area contributed by atoms with Gasteiger partial charge in [0.25, 0.3) is 0 Å². The highest BCUT2D eigenvalue weighted by molar-refractivity contribution is 6.04. The van der Waals surface area contributed by atoms with Crippen LogP contribution < -0.4 is 4.74 Å². The lowest BCUT2D eigenvalue weighted by Gasteiger charge is -1.99.